The zero-order chi connectivity index (χ0) is 20.2. The fraction of sp³-hybridized carbons (Fsp3) is 0.435. The minimum atomic E-state index is -0.737. The molecular weight excluding hydrogens is 354 g/mol. The lowest BCUT2D eigenvalue weighted by molar-refractivity contribution is -0.137. The van der Waals surface area contributed by atoms with Crippen molar-refractivity contribution in [1.29, 1.82) is 0 Å². The van der Waals surface area contributed by atoms with Crippen molar-refractivity contribution in [2.75, 3.05) is 26.9 Å². The third-order valence-corrected chi connectivity index (χ3v) is 4.53. The number of aliphatic carboxylic acids is 1. The Balaban J connectivity index is 1.97. The zero-order valence-electron chi connectivity index (χ0n) is 16.8. The van der Waals surface area contributed by atoms with Crippen molar-refractivity contribution in [3.63, 3.8) is 0 Å². The van der Waals surface area contributed by atoms with Gasteiger partial charge in [0.05, 0.1) is 6.61 Å². The number of nitrogens with one attached hydrogen (secondary N) is 1. The predicted octanol–water partition coefficient (Wildman–Crippen LogP) is 4.41. The molecule has 0 amide bonds. The lowest BCUT2D eigenvalue weighted by Gasteiger charge is -2.16. The minimum absolute atomic E-state index is 0.221. The first-order valence-electron chi connectivity index (χ1n) is 9.82. The van der Waals surface area contributed by atoms with Crippen molar-refractivity contribution in [1.82, 2.24) is 5.32 Å². The number of rotatable bonds is 13. The molecule has 152 valence electrons. The summed E-state index contributed by atoms with van der Waals surface area (Å²) in [6.07, 6.45) is 4.79. The van der Waals surface area contributed by atoms with Crippen LogP contribution in [0.4, 0.5) is 0 Å². The van der Waals surface area contributed by atoms with E-state index < -0.39 is 5.97 Å². The Bertz CT molecular complexity index is 767. The molecule has 5 heteroatoms. The average molecular weight is 386 g/mol. The van der Waals surface area contributed by atoms with E-state index in [4.69, 9.17) is 14.6 Å². The maximum absolute atomic E-state index is 10.6. The van der Waals surface area contributed by atoms with E-state index in [9.17, 15) is 4.79 Å². The van der Waals surface area contributed by atoms with Gasteiger partial charge in [-0.1, -0.05) is 42.5 Å². The fourth-order valence-electron chi connectivity index (χ4n) is 3.02. The number of methoxy groups -OCH3 is 1. The van der Waals surface area contributed by atoms with Crippen LogP contribution < -0.4 is 10.1 Å². The molecule has 0 aliphatic carbocycles. The number of carbonyl (C=O) groups is 1. The number of unbranched alkanes of at least 4 members (excludes halogenated alkanes) is 2. The van der Waals surface area contributed by atoms with Gasteiger partial charge >= 0.3 is 5.97 Å². The molecule has 0 saturated carbocycles. The molecule has 5 nitrogen and oxygen atoms in total. The highest BCUT2D eigenvalue weighted by atomic mass is 16.5. The Hall–Kier alpha value is -2.37. The molecule has 2 aromatic carbocycles. The summed E-state index contributed by atoms with van der Waals surface area (Å²) in [5.41, 5.74) is 1.16. The van der Waals surface area contributed by atoms with Gasteiger partial charge in [-0.2, -0.15) is 0 Å². The highest BCUT2D eigenvalue weighted by molar-refractivity contribution is 5.88. The molecule has 0 radical (unpaired) electrons. The Morgan fingerprint density at radius 3 is 2.75 bits per heavy atom. The summed E-state index contributed by atoms with van der Waals surface area (Å²) in [6, 6.07) is 14.5. The number of allylic oxidation sites excluding steroid dienone is 1. The van der Waals surface area contributed by atoms with Crippen molar-refractivity contribution >= 4 is 16.7 Å². The van der Waals surface area contributed by atoms with Gasteiger partial charge in [0.1, 0.15) is 12.4 Å². The first-order chi connectivity index (χ1) is 13.6. The first-order valence-corrected chi connectivity index (χ1v) is 9.82. The Morgan fingerprint density at radius 1 is 1.18 bits per heavy atom. The summed E-state index contributed by atoms with van der Waals surface area (Å²) in [7, 11) is 1.70. The molecule has 0 heterocycles. The number of benzene rings is 2. The smallest absolute Gasteiger partial charge is 0.303 e. The molecule has 2 rings (SSSR count). The molecule has 0 spiro atoms. The van der Waals surface area contributed by atoms with Crippen LogP contribution in [0, 0.1) is 0 Å². The first kappa shape index (κ1) is 21.9. The number of carboxylic acids is 1. The van der Waals surface area contributed by atoms with Crippen LogP contribution in [-0.4, -0.2) is 44.0 Å². The lowest BCUT2D eigenvalue weighted by Crippen LogP contribution is -2.32. The molecule has 0 fully saturated rings. The SMILES string of the molecule is COCC(C)NCC(=CCCCCC(=O)O)COc1cccc2ccccc12. The maximum Gasteiger partial charge on any atom is 0.303 e. The van der Waals surface area contributed by atoms with Crippen molar-refractivity contribution in [2.24, 2.45) is 0 Å². The van der Waals surface area contributed by atoms with Crippen LogP contribution in [0.1, 0.15) is 32.6 Å². The summed E-state index contributed by atoms with van der Waals surface area (Å²) < 4.78 is 11.3. The molecule has 0 aromatic heterocycles. The van der Waals surface area contributed by atoms with E-state index in [1.54, 1.807) is 7.11 Å². The molecule has 0 saturated heterocycles. The van der Waals surface area contributed by atoms with Gasteiger partial charge in [-0.05, 0) is 43.2 Å². The Labute approximate surface area is 167 Å². The van der Waals surface area contributed by atoms with Gasteiger partial charge in [0.25, 0.3) is 0 Å². The van der Waals surface area contributed by atoms with Crippen molar-refractivity contribution in [3.05, 3.63) is 54.1 Å². The van der Waals surface area contributed by atoms with Gasteiger partial charge in [-0.15, -0.1) is 0 Å². The van der Waals surface area contributed by atoms with Gasteiger partial charge in [-0.3, -0.25) is 4.79 Å². The molecule has 1 atom stereocenters. The van der Waals surface area contributed by atoms with Gasteiger partial charge in [0.15, 0.2) is 0 Å². The molecular formula is C23H31NO4. The van der Waals surface area contributed by atoms with E-state index in [1.807, 2.05) is 24.3 Å². The van der Waals surface area contributed by atoms with E-state index in [2.05, 4.69) is 36.5 Å². The molecule has 2 N–H and O–H groups in total. The average Bonchev–Trinajstić information content (AvgIpc) is 2.69. The molecule has 0 aliphatic rings. The zero-order valence-corrected chi connectivity index (χ0v) is 16.8. The van der Waals surface area contributed by atoms with E-state index in [0.29, 0.717) is 26.2 Å². The van der Waals surface area contributed by atoms with E-state index in [-0.39, 0.29) is 12.5 Å². The van der Waals surface area contributed by atoms with Crippen LogP contribution in [0.5, 0.6) is 5.75 Å². The Kier molecular flexibility index (Phi) is 9.52. The number of hydrogen-bond acceptors (Lipinski definition) is 4. The molecule has 28 heavy (non-hydrogen) atoms. The summed E-state index contributed by atoms with van der Waals surface area (Å²) >= 11 is 0. The number of hydrogen-bond donors (Lipinski definition) is 2. The lowest BCUT2D eigenvalue weighted by atomic mass is 10.1. The molecule has 2 aromatic rings. The van der Waals surface area contributed by atoms with Crippen LogP contribution in [0.25, 0.3) is 10.8 Å². The van der Waals surface area contributed by atoms with Gasteiger partial charge in [0, 0.05) is 31.5 Å². The highest BCUT2D eigenvalue weighted by Gasteiger charge is 2.06. The van der Waals surface area contributed by atoms with E-state index in [1.165, 1.54) is 0 Å². The molecule has 0 aliphatic heterocycles. The third kappa shape index (κ3) is 7.71. The summed E-state index contributed by atoms with van der Waals surface area (Å²) in [4.78, 5) is 10.6. The fourth-order valence-corrected chi connectivity index (χ4v) is 3.02. The second-order valence-electron chi connectivity index (χ2n) is 7.01. The second-order valence-corrected chi connectivity index (χ2v) is 7.01. The highest BCUT2D eigenvalue weighted by Crippen LogP contribution is 2.25. The van der Waals surface area contributed by atoms with Crippen LogP contribution in [-0.2, 0) is 9.53 Å². The van der Waals surface area contributed by atoms with Crippen LogP contribution in [0.3, 0.4) is 0 Å². The summed E-state index contributed by atoms with van der Waals surface area (Å²) in [5, 5.41) is 14.5. The standard InChI is InChI=1S/C23H31NO4/c1-18(16-27-2)24-15-19(9-4-3-5-14-23(25)26)17-28-22-13-8-11-20-10-6-7-12-21(20)22/h6-13,18,24H,3-5,14-17H2,1-2H3,(H,25,26). The van der Waals surface area contributed by atoms with Gasteiger partial charge < -0.3 is 19.9 Å². The van der Waals surface area contributed by atoms with Crippen LogP contribution >= 0.6 is 0 Å². The van der Waals surface area contributed by atoms with E-state index >= 15 is 0 Å². The quantitative estimate of drug-likeness (QED) is 0.395. The second kappa shape index (κ2) is 12.2. The predicted molar refractivity (Wildman–Crippen MR) is 113 cm³/mol. The van der Waals surface area contributed by atoms with Crippen molar-refractivity contribution in [3.8, 4) is 5.75 Å². The largest absolute Gasteiger partial charge is 0.489 e. The summed E-state index contributed by atoms with van der Waals surface area (Å²) in [5.74, 6) is 0.137. The monoisotopic (exact) mass is 385 g/mol. The van der Waals surface area contributed by atoms with Gasteiger partial charge in [0.2, 0.25) is 0 Å². The maximum atomic E-state index is 10.6. The minimum Gasteiger partial charge on any atom is -0.489 e. The van der Waals surface area contributed by atoms with Crippen LogP contribution in [0.15, 0.2) is 54.1 Å². The number of fused-ring (bicyclic) bond motifs is 1. The van der Waals surface area contributed by atoms with Crippen LogP contribution in [0.2, 0.25) is 0 Å². The summed E-state index contributed by atoms with van der Waals surface area (Å²) in [6.45, 7) is 3.95. The van der Waals surface area contributed by atoms with Crippen molar-refractivity contribution in [2.45, 2.75) is 38.6 Å². The topological polar surface area (TPSA) is 67.8 Å². The van der Waals surface area contributed by atoms with Gasteiger partial charge in [-0.25, -0.2) is 0 Å². The van der Waals surface area contributed by atoms with E-state index in [0.717, 1.165) is 34.9 Å². The molecule has 0 bridgehead atoms. The third-order valence-electron chi connectivity index (χ3n) is 4.53. The normalized spacial score (nSPS) is 12.9. The number of ether oxygens (including phenoxy) is 2. The molecule has 1 unspecified atom stereocenters. The Morgan fingerprint density at radius 2 is 1.96 bits per heavy atom. The van der Waals surface area contributed by atoms with Crippen molar-refractivity contribution < 1.29 is 19.4 Å². The number of carboxylic acid groups (broad SMARTS) is 1.